The van der Waals surface area contributed by atoms with Crippen LogP contribution < -0.4 is 0 Å². The molecule has 0 fully saturated rings. The first-order chi connectivity index (χ1) is 24.8. The monoisotopic (exact) mass is 637 g/mol. The molecule has 0 saturated carbocycles. The van der Waals surface area contributed by atoms with E-state index in [1.54, 1.807) is 0 Å². The molecule has 0 spiro atoms. The Hall–Kier alpha value is -6.64. The maximum Gasteiger partial charge on any atom is 0.135 e. The molecule has 234 valence electrons. The second kappa shape index (κ2) is 11.5. The van der Waals surface area contributed by atoms with Gasteiger partial charge in [-0.1, -0.05) is 133 Å². The zero-order valence-corrected chi connectivity index (χ0v) is 27.3. The lowest BCUT2D eigenvalue weighted by Crippen LogP contribution is -1.95. The summed E-state index contributed by atoms with van der Waals surface area (Å²) in [6, 6.07) is 67.6. The number of furan rings is 1. The Morgan fingerprint density at radius 3 is 1.62 bits per heavy atom. The van der Waals surface area contributed by atoms with Gasteiger partial charge in [0.15, 0.2) is 0 Å². The summed E-state index contributed by atoms with van der Waals surface area (Å²) in [5.74, 6) is 0. The molecule has 10 rings (SSSR count). The number of fused-ring (bicyclic) bond motifs is 6. The molecule has 50 heavy (non-hydrogen) atoms. The van der Waals surface area contributed by atoms with Gasteiger partial charge in [-0.25, -0.2) is 0 Å². The Balaban J connectivity index is 1.19. The highest BCUT2D eigenvalue weighted by Crippen LogP contribution is 2.41. The lowest BCUT2D eigenvalue weighted by atomic mass is 9.92. The van der Waals surface area contributed by atoms with Crippen LogP contribution in [-0.4, -0.2) is 4.57 Å². The lowest BCUT2D eigenvalue weighted by Gasteiger charge is -2.14. The van der Waals surface area contributed by atoms with Gasteiger partial charge in [0.05, 0.1) is 11.0 Å². The highest BCUT2D eigenvalue weighted by atomic mass is 16.3. The van der Waals surface area contributed by atoms with Gasteiger partial charge in [0.2, 0.25) is 0 Å². The van der Waals surface area contributed by atoms with E-state index in [0.717, 1.165) is 27.6 Å². The normalized spacial score (nSPS) is 11.6. The van der Waals surface area contributed by atoms with E-state index >= 15 is 0 Å². The molecule has 0 aliphatic rings. The van der Waals surface area contributed by atoms with Crippen molar-refractivity contribution in [2.45, 2.75) is 0 Å². The SMILES string of the molecule is c1ccc(-c2cc(-c3ccccc3)cc(-c3cccc(-c4cccc5c6ccccc6n(-c6ccc7oc8ccccc8c7c6)c45)c3)c2)cc1. The van der Waals surface area contributed by atoms with Crippen molar-refractivity contribution in [3.05, 3.63) is 188 Å². The maximum atomic E-state index is 6.21. The molecular weight excluding hydrogens is 607 g/mol. The molecular formula is C48H31NO. The molecule has 0 aliphatic carbocycles. The molecule has 0 N–H and O–H groups in total. The first kappa shape index (κ1) is 28.4. The van der Waals surface area contributed by atoms with Crippen molar-refractivity contribution in [2.75, 3.05) is 0 Å². The quantitative estimate of drug-likeness (QED) is 0.184. The molecule has 2 heterocycles. The van der Waals surface area contributed by atoms with E-state index in [2.05, 4.69) is 180 Å². The van der Waals surface area contributed by atoms with Gasteiger partial charge in [0, 0.05) is 32.8 Å². The Labute approximate surface area is 290 Å². The van der Waals surface area contributed by atoms with Crippen molar-refractivity contribution in [2.24, 2.45) is 0 Å². The summed E-state index contributed by atoms with van der Waals surface area (Å²) in [5.41, 5.74) is 14.9. The van der Waals surface area contributed by atoms with Crippen LogP contribution in [-0.2, 0) is 0 Å². The minimum atomic E-state index is 0.899. The fourth-order valence-corrected chi connectivity index (χ4v) is 7.63. The van der Waals surface area contributed by atoms with E-state index in [0.29, 0.717) is 0 Å². The van der Waals surface area contributed by atoms with Gasteiger partial charge in [-0.2, -0.15) is 0 Å². The molecule has 2 heteroatoms. The first-order valence-corrected chi connectivity index (χ1v) is 17.1. The van der Waals surface area contributed by atoms with E-state index in [4.69, 9.17) is 4.42 Å². The van der Waals surface area contributed by atoms with E-state index < -0.39 is 0 Å². The van der Waals surface area contributed by atoms with Crippen LogP contribution in [0, 0.1) is 0 Å². The largest absolute Gasteiger partial charge is 0.456 e. The molecule has 0 amide bonds. The summed E-state index contributed by atoms with van der Waals surface area (Å²) in [6.45, 7) is 0. The molecule has 0 radical (unpaired) electrons. The number of para-hydroxylation sites is 3. The van der Waals surface area contributed by atoms with Crippen molar-refractivity contribution in [3.63, 3.8) is 0 Å². The number of hydrogen-bond donors (Lipinski definition) is 0. The van der Waals surface area contributed by atoms with Crippen molar-refractivity contribution in [3.8, 4) is 50.2 Å². The fourth-order valence-electron chi connectivity index (χ4n) is 7.63. The molecule has 0 atom stereocenters. The van der Waals surface area contributed by atoms with Crippen molar-refractivity contribution in [1.29, 1.82) is 0 Å². The molecule has 0 unspecified atom stereocenters. The highest BCUT2D eigenvalue weighted by Gasteiger charge is 2.18. The topological polar surface area (TPSA) is 18.1 Å². The van der Waals surface area contributed by atoms with Crippen LogP contribution in [0.25, 0.3) is 93.9 Å². The van der Waals surface area contributed by atoms with Crippen LogP contribution in [0.5, 0.6) is 0 Å². The molecule has 2 nitrogen and oxygen atoms in total. The molecule has 10 aromatic rings. The van der Waals surface area contributed by atoms with Crippen molar-refractivity contribution >= 4 is 43.7 Å². The van der Waals surface area contributed by atoms with Crippen LogP contribution in [0.2, 0.25) is 0 Å². The Kier molecular flexibility index (Phi) is 6.53. The molecule has 8 aromatic carbocycles. The minimum absolute atomic E-state index is 0.899. The third kappa shape index (κ3) is 4.65. The zero-order chi connectivity index (χ0) is 33.0. The molecule has 0 bridgehead atoms. The average Bonchev–Trinajstić information content (AvgIpc) is 3.74. The van der Waals surface area contributed by atoms with Gasteiger partial charge in [-0.3, -0.25) is 0 Å². The van der Waals surface area contributed by atoms with Crippen molar-refractivity contribution in [1.82, 2.24) is 4.57 Å². The van der Waals surface area contributed by atoms with Crippen LogP contribution in [0.3, 0.4) is 0 Å². The molecule has 0 aliphatic heterocycles. The maximum absolute atomic E-state index is 6.21. The van der Waals surface area contributed by atoms with Gasteiger partial charge >= 0.3 is 0 Å². The minimum Gasteiger partial charge on any atom is -0.456 e. The smallest absolute Gasteiger partial charge is 0.135 e. The summed E-state index contributed by atoms with van der Waals surface area (Å²) in [5, 5.41) is 4.72. The van der Waals surface area contributed by atoms with Gasteiger partial charge in [-0.15, -0.1) is 0 Å². The van der Waals surface area contributed by atoms with Gasteiger partial charge in [-0.05, 0) is 93.5 Å². The summed E-state index contributed by atoms with van der Waals surface area (Å²) in [4.78, 5) is 0. The third-order valence-corrected chi connectivity index (χ3v) is 9.97. The summed E-state index contributed by atoms with van der Waals surface area (Å²) in [6.07, 6.45) is 0. The van der Waals surface area contributed by atoms with E-state index in [1.165, 1.54) is 66.3 Å². The third-order valence-electron chi connectivity index (χ3n) is 9.97. The second-order valence-electron chi connectivity index (χ2n) is 12.9. The standard InChI is InChI=1S/C48H31NO/c1-3-13-32(14-4-1)36-28-37(33-15-5-2-6-16-33)30-38(29-36)34-17-11-18-35(27-34)40-21-12-22-43-41-19-7-9-23-45(41)49(48(40)43)39-25-26-47-44(31-39)42-20-8-10-24-46(42)50-47/h1-31H. The number of hydrogen-bond acceptors (Lipinski definition) is 1. The van der Waals surface area contributed by atoms with Crippen LogP contribution >= 0.6 is 0 Å². The number of aromatic nitrogens is 1. The second-order valence-corrected chi connectivity index (χ2v) is 12.9. The first-order valence-electron chi connectivity index (χ1n) is 17.1. The summed E-state index contributed by atoms with van der Waals surface area (Å²) >= 11 is 0. The predicted molar refractivity (Wildman–Crippen MR) is 210 cm³/mol. The molecule has 2 aromatic heterocycles. The van der Waals surface area contributed by atoms with Gasteiger partial charge < -0.3 is 8.98 Å². The van der Waals surface area contributed by atoms with Crippen LogP contribution in [0.4, 0.5) is 0 Å². The predicted octanol–water partition coefficient (Wildman–Crippen LogP) is 13.4. The summed E-state index contributed by atoms with van der Waals surface area (Å²) in [7, 11) is 0. The van der Waals surface area contributed by atoms with Gasteiger partial charge in [0.25, 0.3) is 0 Å². The Morgan fingerprint density at radius 2 is 0.860 bits per heavy atom. The van der Waals surface area contributed by atoms with Crippen molar-refractivity contribution < 1.29 is 4.42 Å². The van der Waals surface area contributed by atoms with Gasteiger partial charge in [0.1, 0.15) is 11.2 Å². The number of benzene rings is 8. The number of nitrogens with zero attached hydrogens (tertiary/aromatic N) is 1. The Morgan fingerprint density at radius 1 is 0.320 bits per heavy atom. The molecule has 0 saturated heterocycles. The van der Waals surface area contributed by atoms with Crippen LogP contribution in [0.15, 0.2) is 192 Å². The summed E-state index contributed by atoms with van der Waals surface area (Å²) < 4.78 is 8.64. The van der Waals surface area contributed by atoms with E-state index in [9.17, 15) is 0 Å². The van der Waals surface area contributed by atoms with E-state index in [1.807, 2.05) is 12.1 Å². The average molecular weight is 638 g/mol. The van der Waals surface area contributed by atoms with Crippen LogP contribution in [0.1, 0.15) is 0 Å². The zero-order valence-electron chi connectivity index (χ0n) is 27.3. The van der Waals surface area contributed by atoms with E-state index in [-0.39, 0.29) is 0 Å². The fraction of sp³-hybridized carbons (Fsp3) is 0. The lowest BCUT2D eigenvalue weighted by molar-refractivity contribution is 0.669. The number of rotatable bonds is 5. The Bertz CT molecular complexity index is 2800. The highest BCUT2D eigenvalue weighted by molar-refractivity contribution is 6.14.